The summed E-state index contributed by atoms with van der Waals surface area (Å²) in [5.41, 5.74) is -0.236. The molecule has 5 nitrogen and oxygen atoms in total. The molecule has 0 aliphatic heterocycles. The van der Waals surface area contributed by atoms with Gasteiger partial charge in [-0.25, -0.2) is 4.79 Å². The second-order valence-electron chi connectivity index (χ2n) is 3.54. The Morgan fingerprint density at radius 2 is 1.65 bits per heavy atom. The number of hydrogen-bond donors (Lipinski definition) is 2. The Kier molecular flexibility index (Phi) is 3.87. The van der Waals surface area contributed by atoms with Crippen LogP contribution in [0.25, 0.3) is 11.0 Å². The molecule has 0 saturated heterocycles. The van der Waals surface area contributed by atoms with E-state index in [-0.39, 0.29) is 22.9 Å². The Morgan fingerprint density at radius 1 is 1.12 bits per heavy atom. The van der Waals surface area contributed by atoms with Crippen molar-refractivity contribution in [3.8, 4) is 11.5 Å². The molecule has 0 bridgehead atoms. The highest BCUT2D eigenvalue weighted by atomic mass is 16.4. The maximum Gasteiger partial charge on any atom is 0.336 e. The van der Waals surface area contributed by atoms with Gasteiger partial charge in [-0.1, -0.05) is 0 Å². The van der Waals surface area contributed by atoms with Crippen LogP contribution in [0.2, 0.25) is 0 Å². The van der Waals surface area contributed by atoms with Gasteiger partial charge in [0, 0.05) is 17.5 Å². The zero-order chi connectivity index (χ0) is 13.0. The Labute approximate surface area is 96.9 Å². The first kappa shape index (κ1) is 12.8. The fourth-order valence-electron chi connectivity index (χ4n) is 1.09. The third-order valence-corrected chi connectivity index (χ3v) is 1.72. The molecule has 1 aromatic carbocycles. The number of fused-ring (bicyclic) bond motifs is 1. The van der Waals surface area contributed by atoms with Crippen LogP contribution in [0, 0.1) is 0 Å². The molecule has 2 rings (SSSR count). The van der Waals surface area contributed by atoms with Gasteiger partial charge in [0.25, 0.3) is 0 Å². The Hall–Kier alpha value is -2.30. The van der Waals surface area contributed by atoms with E-state index in [9.17, 15) is 9.59 Å². The van der Waals surface area contributed by atoms with Crippen molar-refractivity contribution in [2.45, 2.75) is 13.8 Å². The molecule has 0 atom stereocenters. The number of ketones is 1. The van der Waals surface area contributed by atoms with Crippen molar-refractivity contribution in [3.05, 3.63) is 34.7 Å². The number of phenolic OH excluding ortho intramolecular Hbond substituents is 2. The van der Waals surface area contributed by atoms with Crippen LogP contribution in [0.5, 0.6) is 11.5 Å². The van der Waals surface area contributed by atoms with Gasteiger partial charge in [0.1, 0.15) is 11.4 Å². The number of carbonyl (C=O) groups is 1. The van der Waals surface area contributed by atoms with E-state index >= 15 is 0 Å². The highest BCUT2D eigenvalue weighted by Crippen LogP contribution is 2.28. The van der Waals surface area contributed by atoms with Gasteiger partial charge in [-0.2, -0.15) is 0 Å². The van der Waals surface area contributed by atoms with E-state index < -0.39 is 5.63 Å². The zero-order valence-corrected chi connectivity index (χ0v) is 9.43. The molecule has 17 heavy (non-hydrogen) atoms. The van der Waals surface area contributed by atoms with Gasteiger partial charge < -0.3 is 19.4 Å². The molecule has 0 amide bonds. The number of benzene rings is 1. The van der Waals surface area contributed by atoms with E-state index in [1.54, 1.807) is 0 Å². The second kappa shape index (κ2) is 5.16. The number of rotatable bonds is 0. The molecule has 0 unspecified atom stereocenters. The highest BCUT2D eigenvalue weighted by molar-refractivity contribution is 5.80. The topological polar surface area (TPSA) is 87.7 Å². The van der Waals surface area contributed by atoms with Gasteiger partial charge >= 0.3 is 5.63 Å². The van der Waals surface area contributed by atoms with Crippen molar-refractivity contribution in [1.29, 1.82) is 0 Å². The first-order valence-corrected chi connectivity index (χ1v) is 4.83. The fraction of sp³-hybridized carbons (Fsp3) is 0.167. The minimum Gasteiger partial charge on any atom is -0.504 e. The van der Waals surface area contributed by atoms with Crippen molar-refractivity contribution in [3.63, 3.8) is 0 Å². The maximum atomic E-state index is 10.8. The molecular formula is C12H12O5. The summed E-state index contributed by atoms with van der Waals surface area (Å²) >= 11 is 0. The van der Waals surface area contributed by atoms with Crippen LogP contribution in [0.4, 0.5) is 0 Å². The number of carbonyl (C=O) groups excluding carboxylic acids is 1. The Balaban J connectivity index is 0.000000317. The summed E-state index contributed by atoms with van der Waals surface area (Å²) in [7, 11) is 0. The first-order valence-electron chi connectivity index (χ1n) is 4.83. The lowest BCUT2D eigenvalue weighted by molar-refractivity contribution is -0.114. The quantitative estimate of drug-likeness (QED) is 0.538. The molecule has 0 aliphatic carbocycles. The van der Waals surface area contributed by atoms with E-state index in [1.807, 2.05) is 0 Å². The van der Waals surface area contributed by atoms with E-state index in [1.165, 1.54) is 38.1 Å². The molecular weight excluding hydrogens is 224 g/mol. The summed E-state index contributed by atoms with van der Waals surface area (Å²) in [6.45, 7) is 3.06. The van der Waals surface area contributed by atoms with Crippen molar-refractivity contribution in [2.24, 2.45) is 0 Å². The normalized spacial score (nSPS) is 9.53. The lowest BCUT2D eigenvalue weighted by Crippen LogP contribution is -1.93. The van der Waals surface area contributed by atoms with Gasteiger partial charge in [0.15, 0.2) is 11.5 Å². The van der Waals surface area contributed by atoms with Crippen LogP contribution in [0.1, 0.15) is 13.8 Å². The SMILES string of the molecule is CC(C)=O.O=c1ccc2cc(O)c(O)cc2o1. The molecule has 0 radical (unpaired) electrons. The fourth-order valence-corrected chi connectivity index (χ4v) is 1.09. The summed E-state index contributed by atoms with van der Waals surface area (Å²) < 4.78 is 4.77. The molecule has 0 fully saturated rings. The largest absolute Gasteiger partial charge is 0.504 e. The van der Waals surface area contributed by atoms with Crippen molar-refractivity contribution < 1.29 is 19.4 Å². The van der Waals surface area contributed by atoms with E-state index in [2.05, 4.69) is 0 Å². The zero-order valence-electron chi connectivity index (χ0n) is 9.43. The number of Topliss-reactive ketones (excluding diaryl/α,β-unsaturated/α-hetero) is 1. The van der Waals surface area contributed by atoms with Crippen molar-refractivity contribution in [1.82, 2.24) is 0 Å². The third kappa shape index (κ3) is 3.64. The van der Waals surface area contributed by atoms with Crippen molar-refractivity contribution >= 4 is 16.8 Å². The van der Waals surface area contributed by atoms with E-state index in [0.29, 0.717) is 5.39 Å². The molecule has 2 aromatic rings. The number of aromatic hydroxyl groups is 2. The number of phenols is 2. The molecule has 0 saturated carbocycles. The van der Waals surface area contributed by atoms with Crippen LogP contribution in [0.3, 0.4) is 0 Å². The highest BCUT2D eigenvalue weighted by Gasteiger charge is 2.03. The average molecular weight is 236 g/mol. The van der Waals surface area contributed by atoms with Gasteiger partial charge in [0.2, 0.25) is 0 Å². The van der Waals surface area contributed by atoms with Crippen LogP contribution < -0.4 is 5.63 Å². The van der Waals surface area contributed by atoms with E-state index in [0.717, 1.165) is 0 Å². The molecule has 0 aliphatic rings. The molecule has 1 aromatic heterocycles. The Bertz CT molecular complexity index is 593. The van der Waals surface area contributed by atoms with Crippen LogP contribution in [-0.4, -0.2) is 16.0 Å². The molecule has 5 heteroatoms. The minimum atomic E-state index is -0.488. The molecule has 0 spiro atoms. The monoisotopic (exact) mass is 236 g/mol. The maximum absolute atomic E-state index is 10.8. The molecule has 1 heterocycles. The lowest BCUT2D eigenvalue weighted by Gasteiger charge is -1.98. The van der Waals surface area contributed by atoms with Gasteiger partial charge in [-0.3, -0.25) is 0 Å². The predicted octanol–water partition coefficient (Wildman–Crippen LogP) is 1.80. The summed E-state index contributed by atoms with van der Waals surface area (Å²) in [4.78, 5) is 20.2. The van der Waals surface area contributed by atoms with Gasteiger partial charge in [0.05, 0.1) is 0 Å². The standard InChI is InChI=1S/C9H6O4.C3H6O/c10-6-3-5-1-2-9(12)13-8(5)4-7(6)11;1-3(2)4/h1-4,10-11H;1-2H3. The number of hydrogen-bond acceptors (Lipinski definition) is 5. The molecule has 2 N–H and O–H groups in total. The second-order valence-corrected chi connectivity index (χ2v) is 3.54. The van der Waals surface area contributed by atoms with Crippen LogP contribution in [0.15, 0.2) is 33.5 Å². The first-order chi connectivity index (χ1) is 7.90. The van der Waals surface area contributed by atoms with Crippen LogP contribution in [-0.2, 0) is 4.79 Å². The summed E-state index contributed by atoms with van der Waals surface area (Å²) in [5.74, 6) is -0.372. The van der Waals surface area contributed by atoms with Crippen molar-refractivity contribution in [2.75, 3.05) is 0 Å². The van der Waals surface area contributed by atoms with Gasteiger partial charge in [-0.15, -0.1) is 0 Å². The lowest BCUT2D eigenvalue weighted by atomic mass is 10.2. The predicted molar refractivity (Wildman–Crippen MR) is 62.2 cm³/mol. The van der Waals surface area contributed by atoms with Gasteiger partial charge in [-0.05, 0) is 26.0 Å². The summed E-state index contributed by atoms with van der Waals surface area (Å²) in [5, 5.41) is 18.8. The summed E-state index contributed by atoms with van der Waals surface area (Å²) in [6, 6.07) is 5.29. The minimum absolute atomic E-state index is 0.167. The summed E-state index contributed by atoms with van der Waals surface area (Å²) in [6.07, 6.45) is 0. The van der Waals surface area contributed by atoms with Crippen LogP contribution >= 0.6 is 0 Å². The smallest absolute Gasteiger partial charge is 0.336 e. The van der Waals surface area contributed by atoms with E-state index in [4.69, 9.17) is 14.6 Å². The third-order valence-electron chi connectivity index (χ3n) is 1.72. The Morgan fingerprint density at radius 3 is 2.24 bits per heavy atom. The molecule has 90 valence electrons. The average Bonchev–Trinajstić information content (AvgIpc) is 2.19.